The Morgan fingerprint density at radius 2 is 2.29 bits per heavy atom. The van der Waals surface area contributed by atoms with Crippen LogP contribution in [0.15, 0.2) is 18.2 Å². The van der Waals surface area contributed by atoms with Gasteiger partial charge < -0.3 is 15.2 Å². The van der Waals surface area contributed by atoms with Gasteiger partial charge in [-0.2, -0.15) is 0 Å². The van der Waals surface area contributed by atoms with E-state index in [2.05, 4.69) is 6.92 Å². The molecule has 1 aliphatic rings. The predicted octanol–water partition coefficient (Wildman–Crippen LogP) is 2.75. The lowest BCUT2D eigenvalue weighted by Gasteiger charge is -2.15. The summed E-state index contributed by atoms with van der Waals surface area (Å²) in [7, 11) is 0. The van der Waals surface area contributed by atoms with Gasteiger partial charge in [0.2, 0.25) is 0 Å². The maximum Gasteiger partial charge on any atom is 0.125 e. The zero-order valence-corrected chi connectivity index (χ0v) is 10.7. The summed E-state index contributed by atoms with van der Waals surface area (Å²) in [5.41, 5.74) is 6.62. The molecule has 1 aromatic rings. The number of rotatable bonds is 4. The van der Waals surface area contributed by atoms with E-state index in [-0.39, 0.29) is 6.10 Å². The Bertz CT molecular complexity index is 384. The molecule has 0 saturated carbocycles. The van der Waals surface area contributed by atoms with Crippen LogP contribution < -0.4 is 10.5 Å². The van der Waals surface area contributed by atoms with Crippen molar-refractivity contribution in [1.29, 1.82) is 0 Å². The molecule has 2 atom stereocenters. The van der Waals surface area contributed by atoms with Crippen LogP contribution in [0.4, 0.5) is 0 Å². The van der Waals surface area contributed by atoms with Crippen molar-refractivity contribution in [1.82, 2.24) is 0 Å². The molecule has 2 rings (SSSR count). The Balaban J connectivity index is 1.96. The van der Waals surface area contributed by atoms with Gasteiger partial charge in [0.25, 0.3) is 0 Å². The van der Waals surface area contributed by atoms with Crippen LogP contribution >= 0.6 is 11.6 Å². The number of benzene rings is 1. The molecule has 2 unspecified atom stereocenters. The maximum atomic E-state index is 5.94. The van der Waals surface area contributed by atoms with Gasteiger partial charge in [0, 0.05) is 17.1 Å². The Labute approximate surface area is 107 Å². The van der Waals surface area contributed by atoms with Gasteiger partial charge in [0.1, 0.15) is 12.4 Å². The van der Waals surface area contributed by atoms with Crippen LogP contribution in [0.1, 0.15) is 25.3 Å². The minimum atomic E-state index is 0.189. The fourth-order valence-electron chi connectivity index (χ4n) is 2.02. The summed E-state index contributed by atoms with van der Waals surface area (Å²) in [6.45, 7) is 3.11. The van der Waals surface area contributed by atoms with E-state index in [0.29, 0.717) is 24.3 Å². The molecule has 1 fully saturated rings. The van der Waals surface area contributed by atoms with E-state index in [1.54, 1.807) is 0 Å². The van der Waals surface area contributed by atoms with Crippen LogP contribution in [0.2, 0.25) is 5.02 Å². The summed E-state index contributed by atoms with van der Waals surface area (Å²) in [6, 6.07) is 5.53. The largest absolute Gasteiger partial charge is 0.490 e. The van der Waals surface area contributed by atoms with Gasteiger partial charge in [-0.05, 0) is 31.9 Å². The molecule has 0 aliphatic carbocycles. The van der Waals surface area contributed by atoms with Crippen molar-refractivity contribution in [3.63, 3.8) is 0 Å². The van der Waals surface area contributed by atoms with E-state index in [4.69, 9.17) is 26.8 Å². The fourth-order valence-corrected chi connectivity index (χ4v) is 2.18. The number of ether oxygens (including phenoxy) is 2. The molecule has 4 heteroatoms. The first-order valence-electron chi connectivity index (χ1n) is 5.96. The highest BCUT2D eigenvalue weighted by molar-refractivity contribution is 6.30. The summed E-state index contributed by atoms with van der Waals surface area (Å²) in [4.78, 5) is 0. The molecule has 0 aromatic heterocycles. The number of halogens is 1. The molecule has 17 heavy (non-hydrogen) atoms. The standard InChI is InChI=1S/C13H18ClNO2/c1-9-2-5-12(17-9)8-16-13-6-11(14)4-3-10(13)7-15/h3-4,6,9,12H,2,5,7-8,15H2,1H3. The van der Waals surface area contributed by atoms with Crippen LogP contribution in [-0.2, 0) is 11.3 Å². The third-order valence-corrected chi connectivity index (χ3v) is 3.23. The molecule has 1 aromatic carbocycles. The highest BCUT2D eigenvalue weighted by atomic mass is 35.5. The third-order valence-electron chi connectivity index (χ3n) is 2.99. The molecular weight excluding hydrogens is 238 g/mol. The van der Waals surface area contributed by atoms with Crippen LogP contribution in [0.5, 0.6) is 5.75 Å². The molecule has 1 heterocycles. The van der Waals surface area contributed by atoms with Gasteiger partial charge in [-0.15, -0.1) is 0 Å². The van der Waals surface area contributed by atoms with E-state index in [1.807, 2.05) is 18.2 Å². The van der Waals surface area contributed by atoms with E-state index in [1.165, 1.54) is 0 Å². The average molecular weight is 256 g/mol. The molecule has 0 radical (unpaired) electrons. The van der Waals surface area contributed by atoms with Crippen molar-refractivity contribution in [2.75, 3.05) is 6.61 Å². The molecule has 3 nitrogen and oxygen atoms in total. The Morgan fingerprint density at radius 3 is 2.94 bits per heavy atom. The second-order valence-electron chi connectivity index (χ2n) is 4.41. The molecular formula is C13H18ClNO2. The molecule has 0 amide bonds. The molecule has 0 spiro atoms. The zero-order chi connectivity index (χ0) is 12.3. The average Bonchev–Trinajstić information content (AvgIpc) is 2.73. The second-order valence-corrected chi connectivity index (χ2v) is 4.85. The molecule has 0 bridgehead atoms. The second kappa shape index (κ2) is 5.71. The summed E-state index contributed by atoms with van der Waals surface area (Å²) < 4.78 is 11.4. The summed E-state index contributed by atoms with van der Waals surface area (Å²) >= 11 is 5.94. The van der Waals surface area contributed by atoms with Crippen molar-refractivity contribution in [2.45, 2.75) is 38.5 Å². The minimum absolute atomic E-state index is 0.189. The first kappa shape index (κ1) is 12.7. The van der Waals surface area contributed by atoms with Gasteiger partial charge in [0.15, 0.2) is 0 Å². The van der Waals surface area contributed by atoms with Gasteiger partial charge in [-0.3, -0.25) is 0 Å². The molecule has 94 valence electrons. The van der Waals surface area contributed by atoms with E-state index in [9.17, 15) is 0 Å². The Hall–Kier alpha value is -0.770. The zero-order valence-electron chi connectivity index (χ0n) is 9.99. The van der Waals surface area contributed by atoms with E-state index in [0.717, 1.165) is 24.2 Å². The van der Waals surface area contributed by atoms with Gasteiger partial charge in [-0.25, -0.2) is 0 Å². The maximum absolute atomic E-state index is 5.94. The van der Waals surface area contributed by atoms with Crippen molar-refractivity contribution in [2.24, 2.45) is 5.73 Å². The lowest BCUT2D eigenvalue weighted by molar-refractivity contribution is 0.0262. The lowest BCUT2D eigenvalue weighted by atomic mass is 10.2. The van der Waals surface area contributed by atoms with Gasteiger partial charge in [0.05, 0.1) is 12.2 Å². The molecule has 1 saturated heterocycles. The van der Waals surface area contributed by atoms with Crippen LogP contribution in [0.3, 0.4) is 0 Å². The van der Waals surface area contributed by atoms with Crippen molar-refractivity contribution in [3.8, 4) is 5.75 Å². The van der Waals surface area contributed by atoms with Crippen LogP contribution in [-0.4, -0.2) is 18.8 Å². The van der Waals surface area contributed by atoms with Crippen molar-refractivity contribution in [3.05, 3.63) is 28.8 Å². The number of nitrogens with two attached hydrogens (primary N) is 1. The van der Waals surface area contributed by atoms with E-state index < -0.39 is 0 Å². The summed E-state index contributed by atoms with van der Waals surface area (Å²) in [5, 5.41) is 0.665. The fraction of sp³-hybridized carbons (Fsp3) is 0.538. The Morgan fingerprint density at radius 1 is 1.47 bits per heavy atom. The van der Waals surface area contributed by atoms with Gasteiger partial charge >= 0.3 is 0 Å². The van der Waals surface area contributed by atoms with Crippen molar-refractivity contribution < 1.29 is 9.47 Å². The van der Waals surface area contributed by atoms with Crippen molar-refractivity contribution >= 4 is 11.6 Å². The normalized spacial score (nSPS) is 23.9. The lowest BCUT2D eigenvalue weighted by Crippen LogP contribution is -2.18. The monoisotopic (exact) mass is 255 g/mol. The van der Waals surface area contributed by atoms with E-state index >= 15 is 0 Å². The van der Waals surface area contributed by atoms with Crippen LogP contribution in [0, 0.1) is 0 Å². The highest BCUT2D eigenvalue weighted by Crippen LogP contribution is 2.25. The minimum Gasteiger partial charge on any atom is -0.490 e. The summed E-state index contributed by atoms with van der Waals surface area (Å²) in [5.74, 6) is 0.767. The Kier molecular flexibility index (Phi) is 4.26. The highest BCUT2D eigenvalue weighted by Gasteiger charge is 2.22. The van der Waals surface area contributed by atoms with Crippen LogP contribution in [0.25, 0.3) is 0 Å². The summed E-state index contributed by atoms with van der Waals surface area (Å²) in [6.07, 6.45) is 2.69. The smallest absolute Gasteiger partial charge is 0.125 e. The SMILES string of the molecule is CC1CCC(COc2cc(Cl)ccc2CN)O1. The quantitative estimate of drug-likeness (QED) is 0.900. The number of hydrogen-bond acceptors (Lipinski definition) is 3. The third kappa shape index (κ3) is 3.35. The number of hydrogen-bond donors (Lipinski definition) is 1. The predicted molar refractivity (Wildman–Crippen MR) is 68.4 cm³/mol. The molecule has 2 N–H and O–H groups in total. The molecule has 1 aliphatic heterocycles. The van der Waals surface area contributed by atoms with Gasteiger partial charge in [-0.1, -0.05) is 17.7 Å². The first-order valence-corrected chi connectivity index (χ1v) is 6.33. The topological polar surface area (TPSA) is 44.5 Å². The first-order chi connectivity index (χ1) is 8.19.